The Morgan fingerprint density at radius 2 is 2.10 bits per heavy atom. The molecule has 0 unspecified atom stereocenters. The number of nitrogens with two attached hydrogens (primary N) is 1. The lowest BCUT2D eigenvalue weighted by Crippen LogP contribution is -2.49. The van der Waals surface area contributed by atoms with E-state index in [4.69, 9.17) is 38.4 Å². The maximum atomic E-state index is 11.1. The first-order valence-corrected chi connectivity index (χ1v) is 7.02. The van der Waals surface area contributed by atoms with Crippen molar-refractivity contribution in [2.45, 2.75) is 6.10 Å². The van der Waals surface area contributed by atoms with E-state index in [0.29, 0.717) is 42.1 Å². The van der Waals surface area contributed by atoms with Crippen LogP contribution in [0.3, 0.4) is 0 Å². The molecule has 0 saturated carbocycles. The van der Waals surface area contributed by atoms with Crippen molar-refractivity contribution < 1.29 is 14.3 Å². The van der Waals surface area contributed by atoms with Gasteiger partial charge >= 0.3 is 0 Å². The molecule has 2 N–H and O–H groups in total. The first kappa shape index (κ1) is 15.4. The predicted molar refractivity (Wildman–Crippen MR) is 77.3 cm³/mol. The first-order valence-electron chi connectivity index (χ1n) is 6.27. The number of primary amides is 1. The van der Waals surface area contributed by atoms with E-state index in [1.54, 1.807) is 18.2 Å². The van der Waals surface area contributed by atoms with E-state index in [1.807, 2.05) is 0 Å². The molecule has 20 heavy (non-hydrogen) atoms. The van der Waals surface area contributed by atoms with Crippen LogP contribution in [0.15, 0.2) is 18.2 Å². The van der Waals surface area contributed by atoms with E-state index in [1.165, 1.54) is 0 Å². The second-order valence-electron chi connectivity index (χ2n) is 4.52. The van der Waals surface area contributed by atoms with Crippen LogP contribution in [0.25, 0.3) is 0 Å². The predicted octanol–water partition coefficient (Wildman–Crippen LogP) is 1.56. The molecule has 1 aliphatic rings. The van der Waals surface area contributed by atoms with Crippen molar-refractivity contribution in [1.82, 2.24) is 4.90 Å². The topological polar surface area (TPSA) is 64.8 Å². The Bertz CT molecular complexity index is 464. The van der Waals surface area contributed by atoms with E-state index in [9.17, 15) is 4.79 Å². The zero-order valence-corrected chi connectivity index (χ0v) is 12.4. The van der Waals surface area contributed by atoms with Crippen molar-refractivity contribution in [3.05, 3.63) is 28.2 Å². The third-order valence-corrected chi connectivity index (χ3v) is 3.42. The minimum Gasteiger partial charge on any atom is -0.492 e. The van der Waals surface area contributed by atoms with E-state index in [0.717, 1.165) is 6.54 Å². The van der Waals surface area contributed by atoms with Gasteiger partial charge in [-0.05, 0) is 18.2 Å². The fourth-order valence-electron chi connectivity index (χ4n) is 1.98. The normalized spacial score (nSPS) is 19.8. The lowest BCUT2D eigenvalue weighted by atomic mass is 10.2. The van der Waals surface area contributed by atoms with Gasteiger partial charge in [-0.25, -0.2) is 0 Å². The number of benzene rings is 1. The Balaban J connectivity index is 1.79. The molecule has 1 aromatic rings. The van der Waals surface area contributed by atoms with Gasteiger partial charge in [-0.2, -0.15) is 0 Å². The molecule has 5 nitrogen and oxygen atoms in total. The number of hydrogen-bond acceptors (Lipinski definition) is 4. The number of nitrogens with zero attached hydrogens (tertiary/aromatic N) is 1. The van der Waals surface area contributed by atoms with Crippen LogP contribution in [0.1, 0.15) is 0 Å². The van der Waals surface area contributed by atoms with Gasteiger partial charge in [0.25, 0.3) is 0 Å². The summed E-state index contributed by atoms with van der Waals surface area (Å²) in [4.78, 5) is 13.2. The van der Waals surface area contributed by atoms with Gasteiger partial charge in [-0.15, -0.1) is 0 Å². The standard InChI is InChI=1S/C13H16Cl2N2O3/c14-9-5-10(15)7-11(6-9)19-3-1-17-2-4-20-12(8-17)13(16)18/h5-7,12H,1-4,8H2,(H2,16,18)/t12-/m0/s1. The third-order valence-electron chi connectivity index (χ3n) is 2.98. The molecule has 1 amide bonds. The Kier molecular flexibility index (Phi) is 5.48. The fraction of sp³-hybridized carbons (Fsp3) is 0.462. The zero-order valence-electron chi connectivity index (χ0n) is 10.9. The monoisotopic (exact) mass is 318 g/mol. The average Bonchev–Trinajstić information content (AvgIpc) is 2.38. The second-order valence-corrected chi connectivity index (χ2v) is 5.39. The largest absolute Gasteiger partial charge is 0.492 e. The van der Waals surface area contributed by atoms with Gasteiger partial charge in [0.05, 0.1) is 6.61 Å². The van der Waals surface area contributed by atoms with E-state index < -0.39 is 12.0 Å². The van der Waals surface area contributed by atoms with Gasteiger partial charge in [0.15, 0.2) is 0 Å². The molecule has 1 atom stereocenters. The smallest absolute Gasteiger partial charge is 0.247 e. The first-order chi connectivity index (χ1) is 9.54. The van der Waals surface area contributed by atoms with Crippen LogP contribution in [0.4, 0.5) is 0 Å². The summed E-state index contributed by atoms with van der Waals surface area (Å²) in [5, 5.41) is 1.07. The summed E-state index contributed by atoms with van der Waals surface area (Å²) in [6.07, 6.45) is -0.538. The van der Waals surface area contributed by atoms with Crippen LogP contribution in [0.2, 0.25) is 10.0 Å². The lowest BCUT2D eigenvalue weighted by molar-refractivity contribution is -0.135. The average molecular weight is 319 g/mol. The molecule has 110 valence electrons. The highest BCUT2D eigenvalue weighted by Gasteiger charge is 2.24. The van der Waals surface area contributed by atoms with Crippen LogP contribution < -0.4 is 10.5 Å². The molecule has 7 heteroatoms. The molecule has 0 radical (unpaired) electrons. The molecule has 2 rings (SSSR count). The lowest BCUT2D eigenvalue weighted by Gasteiger charge is -2.31. The number of ether oxygens (including phenoxy) is 2. The number of morpholine rings is 1. The van der Waals surface area contributed by atoms with Crippen LogP contribution in [0.5, 0.6) is 5.75 Å². The van der Waals surface area contributed by atoms with Crippen LogP contribution in [0, 0.1) is 0 Å². The molecule has 1 saturated heterocycles. The third kappa shape index (κ3) is 4.52. The molecule has 1 aliphatic heterocycles. The minimum absolute atomic E-state index is 0.433. The Morgan fingerprint density at radius 3 is 2.75 bits per heavy atom. The van der Waals surface area contributed by atoms with Crippen molar-refractivity contribution in [3.8, 4) is 5.75 Å². The van der Waals surface area contributed by atoms with Gasteiger partial charge in [-0.1, -0.05) is 23.2 Å². The number of rotatable bonds is 5. The van der Waals surface area contributed by atoms with Crippen molar-refractivity contribution in [2.24, 2.45) is 5.73 Å². The van der Waals surface area contributed by atoms with Crippen molar-refractivity contribution in [3.63, 3.8) is 0 Å². The van der Waals surface area contributed by atoms with Gasteiger partial charge < -0.3 is 15.2 Å². The summed E-state index contributed by atoms with van der Waals surface area (Å²) in [5.74, 6) is 0.194. The highest BCUT2D eigenvalue weighted by Crippen LogP contribution is 2.24. The Morgan fingerprint density at radius 1 is 1.40 bits per heavy atom. The van der Waals surface area contributed by atoms with Crippen molar-refractivity contribution in [1.29, 1.82) is 0 Å². The van der Waals surface area contributed by atoms with Crippen molar-refractivity contribution >= 4 is 29.1 Å². The van der Waals surface area contributed by atoms with Gasteiger partial charge in [0.1, 0.15) is 18.5 Å². The minimum atomic E-state index is -0.538. The fourth-order valence-corrected chi connectivity index (χ4v) is 2.49. The molecule has 1 fully saturated rings. The summed E-state index contributed by atoms with van der Waals surface area (Å²) in [5.41, 5.74) is 5.23. The molecule has 1 aromatic carbocycles. The summed E-state index contributed by atoms with van der Waals surface area (Å²) in [6, 6.07) is 5.06. The Labute approximate surface area is 127 Å². The van der Waals surface area contributed by atoms with Crippen LogP contribution in [-0.4, -0.2) is 49.8 Å². The van der Waals surface area contributed by atoms with Crippen molar-refractivity contribution in [2.75, 3.05) is 32.8 Å². The molecule has 0 aliphatic carbocycles. The van der Waals surface area contributed by atoms with Gasteiger partial charge in [-0.3, -0.25) is 9.69 Å². The molecule has 0 spiro atoms. The molecular weight excluding hydrogens is 303 g/mol. The quantitative estimate of drug-likeness (QED) is 0.894. The number of amides is 1. The van der Waals surface area contributed by atoms with E-state index >= 15 is 0 Å². The molecular formula is C13H16Cl2N2O3. The summed E-state index contributed by atoms with van der Waals surface area (Å²) >= 11 is 11.8. The number of hydrogen-bond donors (Lipinski definition) is 1. The molecule has 0 bridgehead atoms. The van der Waals surface area contributed by atoms with Crippen LogP contribution in [-0.2, 0) is 9.53 Å². The van der Waals surface area contributed by atoms with Crippen LogP contribution >= 0.6 is 23.2 Å². The van der Waals surface area contributed by atoms with E-state index in [2.05, 4.69) is 4.90 Å². The number of halogens is 2. The maximum absolute atomic E-state index is 11.1. The highest BCUT2D eigenvalue weighted by atomic mass is 35.5. The van der Waals surface area contributed by atoms with Gasteiger partial charge in [0, 0.05) is 29.7 Å². The summed E-state index contributed by atoms with van der Waals surface area (Å²) < 4.78 is 10.9. The zero-order chi connectivity index (χ0) is 14.5. The summed E-state index contributed by atoms with van der Waals surface area (Å²) in [6.45, 7) is 2.90. The SMILES string of the molecule is NC(=O)[C@@H]1CN(CCOc2cc(Cl)cc(Cl)c2)CCO1. The maximum Gasteiger partial charge on any atom is 0.247 e. The van der Waals surface area contributed by atoms with E-state index in [-0.39, 0.29) is 0 Å². The Hall–Kier alpha value is -1.01. The second kappa shape index (κ2) is 7.13. The molecule has 0 aromatic heterocycles. The summed E-state index contributed by atoms with van der Waals surface area (Å²) in [7, 11) is 0. The van der Waals surface area contributed by atoms with Gasteiger partial charge in [0.2, 0.25) is 5.91 Å². The molecule has 1 heterocycles. The number of carbonyl (C=O) groups is 1. The number of carbonyl (C=O) groups excluding carboxylic acids is 1. The highest BCUT2D eigenvalue weighted by molar-refractivity contribution is 6.34.